The Morgan fingerprint density at radius 1 is 1.11 bits per heavy atom. The van der Waals surface area contributed by atoms with Gasteiger partial charge in [-0.15, -0.1) is 0 Å². The fraction of sp³-hybridized carbons (Fsp3) is 0.300. The third kappa shape index (κ3) is 6.97. The van der Waals surface area contributed by atoms with Crippen molar-refractivity contribution in [3.8, 4) is 11.5 Å². The first kappa shape index (κ1) is 20.2. The van der Waals surface area contributed by atoms with E-state index in [9.17, 15) is 14.0 Å². The van der Waals surface area contributed by atoms with Crippen LogP contribution in [-0.4, -0.2) is 30.7 Å². The Bertz CT molecular complexity index is 776. The second-order valence-corrected chi connectivity index (χ2v) is 5.91. The Morgan fingerprint density at radius 3 is 2.44 bits per heavy atom. The molecule has 0 atom stereocenters. The molecule has 0 aliphatic rings. The molecule has 0 fully saturated rings. The quantitative estimate of drug-likeness (QED) is 0.624. The molecule has 0 unspecified atom stereocenters. The summed E-state index contributed by atoms with van der Waals surface area (Å²) in [6.07, 6.45) is 0.590. The van der Waals surface area contributed by atoms with Gasteiger partial charge < -0.3 is 19.9 Å². The van der Waals surface area contributed by atoms with Crippen LogP contribution in [0.5, 0.6) is 11.5 Å². The first-order chi connectivity index (χ1) is 13.0. The molecule has 0 aliphatic heterocycles. The highest BCUT2D eigenvalue weighted by atomic mass is 19.1. The summed E-state index contributed by atoms with van der Waals surface area (Å²) in [6.45, 7) is 0.678. The van der Waals surface area contributed by atoms with Gasteiger partial charge in [0.2, 0.25) is 5.91 Å². The first-order valence-corrected chi connectivity index (χ1v) is 8.50. The van der Waals surface area contributed by atoms with Crippen LogP contribution in [0, 0.1) is 5.82 Å². The van der Waals surface area contributed by atoms with Crippen LogP contribution in [-0.2, 0) is 22.6 Å². The molecule has 0 heterocycles. The molecule has 27 heavy (non-hydrogen) atoms. The van der Waals surface area contributed by atoms with Gasteiger partial charge in [-0.3, -0.25) is 9.59 Å². The second kappa shape index (κ2) is 10.2. The van der Waals surface area contributed by atoms with Gasteiger partial charge in [0.1, 0.15) is 5.75 Å². The van der Waals surface area contributed by atoms with Gasteiger partial charge in [0.15, 0.2) is 11.6 Å². The molecule has 7 heteroatoms. The van der Waals surface area contributed by atoms with Gasteiger partial charge in [0, 0.05) is 13.0 Å². The van der Waals surface area contributed by atoms with Crippen LogP contribution in [0.3, 0.4) is 0 Å². The predicted molar refractivity (Wildman–Crippen MR) is 97.3 cm³/mol. The largest absolute Gasteiger partial charge is 0.494 e. The summed E-state index contributed by atoms with van der Waals surface area (Å²) in [4.78, 5) is 22.4. The number of methoxy groups -OCH3 is 1. The molecule has 6 nitrogen and oxygen atoms in total. The lowest BCUT2D eigenvalue weighted by molar-refractivity contribution is -0.137. The molecule has 0 saturated carbocycles. The van der Waals surface area contributed by atoms with Gasteiger partial charge in [0.25, 0.3) is 0 Å². The lowest BCUT2D eigenvalue weighted by Gasteiger charge is -2.09. The smallest absolute Gasteiger partial charge is 0.303 e. The summed E-state index contributed by atoms with van der Waals surface area (Å²) in [5, 5.41) is 11.3. The third-order valence-electron chi connectivity index (χ3n) is 3.80. The predicted octanol–water partition coefficient (Wildman–Crippen LogP) is 2.94. The monoisotopic (exact) mass is 375 g/mol. The first-order valence-electron chi connectivity index (χ1n) is 8.50. The minimum absolute atomic E-state index is 0.0716. The van der Waals surface area contributed by atoms with Crippen molar-refractivity contribution in [1.82, 2.24) is 5.32 Å². The van der Waals surface area contributed by atoms with Gasteiger partial charge >= 0.3 is 5.97 Å². The highest BCUT2D eigenvalue weighted by Gasteiger charge is 2.08. The number of hydrogen-bond donors (Lipinski definition) is 2. The fourth-order valence-electron chi connectivity index (χ4n) is 2.39. The molecule has 0 aliphatic carbocycles. The number of aliphatic carboxylic acids is 1. The molecule has 2 rings (SSSR count). The van der Waals surface area contributed by atoms with Crippen molar-refractivity contribution in [2.24, 2.45) is 0 Å². The van der Waals surface area contributed by atoms with Crippen LogP contribution in [0.2, 0.25) is 0 Å². The Kier molecular flexibility index (Phi) is 7.61. The molecular weight excluding hydrogens is 353 g/mol. The van der Waals surface area contributed by atoms with Crippen molar-refractivity contribution < 1.29 is 28.6 Å². The molecule has 0 aromatic heterocycles. The number of carboxylic acids is 1. The van der Waals surface area contributed by atoms with E-state index >= 15 is 0 Å². The Balaban J connectivity index is 1.76. The van der Waals surface area contributed by atoms with E-state index in [1.54, 1.807) is 18.2 Å². The maximum atomic E-state index is 13.6. The maximum Gasteiger partial charge on any atom is 0.303 e. The van der Waals surface area contributed by atoms with E-state index in [2.05, 4.69) is 5.32 Å². The third-order valence-corrected chi connectivity index (χ3v) is 3.80. The van der Waals surface area contributed by atoms with E-state index in [1.165, 1.54) is 19.2 Å². The van der Waals surface area contributed by atoms with E-state index in [0.29, 0.717) is 30.9 Å². The summed E-state index contributed by atoms with van der Waals surface area (Å²) in [6, 6.07) is 11.6. The van der Waals surface area contributed by atoms with Crippen molar-refractivity contribution in [3.05, 3.63) is 59.4 Å². The summed E-state index contributed by atoms with van der Waals surface area (Å²) in [5.41, 5.74) is 1.46. The van der Waals surface area contributed by atoms with Gasteiger partial charge in [-0.1, -0.05) is 18.2 Å². The molecule has 2 N–H and O–H groups in total. The number of benzene rings is 2. The number of halogens is 1. The molecule has 1 amide bonds. The maximum absolute atomic E-state index is 13.6. The van der Waals surface area contributed by atoms with Gasteiger partial charge in [-0.2, -0.15) is 0 Å². The zero-order chi connectivity index (χ0) is 19.6. The summed E-state index contributed by atoms with van der Waals surface area (Å²) in [5.74, 6) is -0.772. The Morgan fingerprint density at radius 2 is 1.81 bits per heavy atom. The summed E-state index contributed by atoms with van der Waals surface area (Å²) in [7, 11) is 1.39. The van der Waals surface area contributed by atoms with Crippen LogP contribution in [0.4, 0.5) is 4.39 Å². The van der Waals surface area contributed by atoms with Crippen molar-refractivity contribution in [1.29, 1.82) is 0 Å². The normalized spacial score (nSPS) is 10.3. The number of rotatable bonds is 10. The van der Waals surface area contributed by atoms with Crippen molar-refractivity contribution in [2.75, 3.05) is 13.7 Å². The lowest BCUT2D eigenvalue weighted by atomic mass is 10.1. The molecule has 2 aromatic carbocycles. The van der Waals surface area contributed by atoms with E-state index < -0.39 is 11.8 Å². The Labute approximate surface area is 156 Å². The molecule has 0 saturated heterocycles. The van der Waals surface area contributed by atoms with E-state index in [4.69, 9.17) is 14.6 Å². The molecule has 0 spiro atoms. The van der Waals surface area contributed by atoms with Crippen molar-refractivity contribution >= 4 is 11.9 Å². The topological polar surface area (TPSA) is 84.9 Å². The number of carbonyl (C=O) groups excluding carboxylic acids is 1. The van der Waals surface area contributed by atoms with Crippen molar-refractivity contribution in [2.45, 2.75) is 25.8 Å². The van der Waals surface area contributed by atoms with Gasteiger partial charge in [-0.25, -0.2) is 4.39 Å². The van der Waals surface area contributed by atoms with E-state index in [0.717, 1.165) is 5.56 Å². The van der Waals surface area contributed by atoms with Gasteiger partial charge in [-0.05, 0) is 41.8 Å². The highest BCUT2D eigenvalue weighted by Crippen LogP contribution is 2.18. The van der Waals surface area contributed by atoms with E-state index in [-0.39, 0.29) is 24.5 Å². The average molecular weight is 375 g/mol. The number of carbonyl (C=O) groups is 2. The standard InChI is InChI=1S/C20H22FNO5/c1-26-18-9-6-15(11-17(18)21)12-19(23)22-13-14-4-7-16(8-5-14)27-10-2-3-20(24)25/h4-9,11H,2-3,10,12-13H2,1H3,(H,22,23)(H,24,25). The van der Waals surface area contributed by atoms with Crippen LogP contribution < -0.4 is 14.8 Å². The zero-order valence-corrected chi connectivity index (χ0v) is 15.0. The highest BCUT2D eigenvalue weighted by molar-refractivity contribution is 5.78. The SMILES string of the molecule is COc1ccc(CC(=O)NCc2ccc(OCCCC(=O)O)cc2)cc1F. The minimum atomic E-state index is -0.845. The van der Waals surface area contributed by atoms with E-state index in [1.807, 2.05) is 12.1 Å². The van der Waals surface area contributed by atoms with Gasteiger partial charge in [0.05, 0.1) is 20.1 Å². The lowest BCUT2D eigenvalue weighted by Crippen LogP contribution is -2.24. The minimum Gasteiger partial charge on any atom is -0.494 e. The number of ether oxygens (including phenoxy) is 2. The number of carboxylic acid groups (broad SMARTS) is 1. The number of hydrogen-bond acceptors (Lipinski definition) is 4. The zero-order valence-electron chi connectivity index (χ0n) is 15.0. The number of nitrogens with one attached hydrogen (secondary N) is 1. The molecule has 0 radical (unpaired) electrons. The number of amides is 1. The fourth-order valence-corrected chi connectivity index (χ4v) is 2.39. The van der Waals surface area contributed by atoms with Crippen LogP contribution in [0.1, 0.15) is 24.0 Å². The van der Waals surface area contributed by atoms with Crippen molar-refractivity contribution in [3.63, 3.8) is 0 Å². The average Bonchev–Trinajstić information content (AvgIpc) is 2.64. The molecular formula is C20H22FNO5. The molecule has 144 valence electrons. The second-order valence-electron chi connectivity index (χ2n) is 5.91. The summed E-state index contributed by atoms with van der Waals surface area (Å²) < 4.78 is 23.9. The summed E-state index contributed by atoms with van der Waals surface area (Å²) >= 11 is 0. The van der Waals surface area contributed by atoms with Crippen LogP contribution in [0.25, 0.3) is 0 Å². The Hall–Kier alpha value is -3.09. The van der Waals surface area contributed by atoms with Crippen LogP contribution in [0.15, 0.2) is 42.5 Å². The molecule has 0 bridgehead atoms. The molecule has 2 aromatic rings. The van der Waals surface area contributed by atoms with Crippen LogP contribution >= 0.6 is 0 Å².